The Hall–Kier alpha value is -2.29. The number of morpholine rings is 1. The van der Waals surface area contributed by atoms with Gasteiger partial charge in [-0.2, -0.15) is 0 Å². The van der Waals surface area contributed by atoms with E-state index in [2.05, 4.69) is 10.4 Å². The summed E-state index contributed by atoms with van der Waals surface area (Å²) in [5.41, 5.74) is 5.40. The number of thiazole rings is 1. The summed E-state index contributed by atoms with van der Waals surface area (Å²) < 4.78 is 20.3. The van der Waals surface area contributed by atoms with Crippen molar-refractivity contribution in [2.75, 3.05) is 26.3 Å². The van der Waals surface area contributed by atoms with Crippen LogP contribution in [0.25, 0.3) is 16.2 Å². The van der Waals surface area contributed by atoms with E-state index in [1.165, 1.54) is 23.5 Å². The number of amides is 1. The first-order chi connectivity index (χ1) is 12.2. The monoisotopic (exact) mass is 360 g/mol. The van der Waals surface area contributed by atoms with E-state index >= 15 is 0 Å². The first kappa shape index (κ1) is 16.2. The molecule has 0 radical (unpaired) electrons. The number of fused-ring (bicyclic) bond motifs is 1. The number of hydrogen-bond acceptors (Lipinski definition) is 5. The van der Waals surface area contributed by atoms with E-state index < -0.39 is 0 Å². The largest absolute Gasteiger partial charge is 0.379 e. The molecular weight excluding hydrogens is 343 g/mol. The fraction of sp³-hybridized carbons (Fsp3) is 0.294. The van der Waals surface area contributed by atoms with Crippen LogP contribution >= 0.6 is 11.3 Å². The van der Waals surface area contributed by atoms with E-state index in [9.17, 15) is 9.18 Å². The molecule has 1 N–H and O–H groups in total. The molecule has 1 aliphatic rings. The van der Waals surface area contributed by atoms with Crippen molar-refractivity contribution < 1.29 is 13.9 Å². The molecule has 4 rings (SSSR count). The molecule has 3 aromatic rings. The van der Waals surface area contributed by atoms with Gasteiger partial charge >= 0.3 is 0 Å². The highest BCUT2D eigenvalue weighted by atomic mass is 32.1. The van der Waals surface area contributed by atoms with E-state index in [-0.39, 0.29) is 18.1 Å². The lowest BCUT2D eigenvalue weighted by Crippen LogP contribution is -2.48. The zero-order chi connectivity index (χ0) is 17.2. The van der Waals surface area contributed by atoms with Crippen molar-refractivity contribution >= 4 is 22.2 Å². The molecule has 1 saturated heterocycles. The quantitative estimate of drug-likeness (QED) is 0.774. The fourth-order valence-electron chi connectivity index (χ4n) is 2.77. The van der Waals surface area contributed by atoms with Gasteiger partial charge in [0.05, 0.1) is 25.3 Å². The average Bonchev–Trinajstić information content (AvgIpc) is 3.18. The van der Waals surface area contributed by atoms with E-state index in [0.29, 0.717) is 26.3 Å². The number of carbonyl (C=O) groups is 1. The first-order valence-corrected chi connectivity index (χ1v) is 8.90. The Balaban J connectivity index is 1.50. The number of carbonyl (C=O) groups excluding carboxylic acids is 1. The molecule has 0 aliphatic carbocycles. The zero-order valence-electron chi connectivity index (χ0n) is 13.4. The van der Waals surface area contributed by atoms with Gasteiger partial charge in [-0.05, 0) is 24.3 Å². The highest BCUT2D eigenvalue weighted by Crippen LogP contribution is 2.24. The van der Waals surface area contributed by atoms with Crippen LogP contribution in [0.5, 0.6) is 0 Å². The molecule has 1 fully saturated rings. The average molecular weight is 360 g/mol. The topological polar surface area (TPSA) is 58.9 Å². The smallest absolute Gasteiger partial charge is 0.240 e. The summed E-state index contributed by atoms with van der Waals surface area (Å²) in [7, 11) is 0. The van der Waals surface area contributed by atoms with Crippen LogP contribution in [-0.4, -0.2) is 46.6 Å². The van der Waals surface area contributed by atoms with Crippen molar-refractivity contribution in [3.8, 4) is 11.3 Å². The second-order valence-corrected chi connectivity index (χ2v) is 6.66. The molecule has 25 heavy (non-hydrogen) atoms. The van der Waals surface area contributed by atoms with Crippen LogP contribution in [0.4, 0.5) is 4.39 Å². The van der Waals surface area contributed by atoms with Crippen molar-refractivity contribution in [2.45, 2.75) is 6.42 Å². The second kappa shape index (κ2) is 6.91. The Bertz CT molecular complexity index is 884. The van der Waals surface area contributed by atoms with Crippen LogP contribution in [0.1, 0.15) is 5.69 Å². The fourth-order valence-corrected chi connectivity index (χ4v) is 3.64. The van der Waals surface area contributed by atoms with Gasteiger partial charge in [0, 0.05) is 35.9 Å². The lowest BCUT2D eigenvalue weighted by atomic mass is 10.2. The van der Waals surface area contributed by atoms with Gasteiger partial charge in [0.1, 0.15) is 5.82 Å². The van der Waals surface area contributed by atoms with E-state index in [1.807, 2.05) is 21.0 Å². The molecule has 1 amide bonds. The van der Waals surface area contributed by atoms with Gasteiger partial charge in [-0.1, -0.05) is 0 Å². The predicted molar refractivity (Wildman–Crippen MR) is 92.7 cm³/mol. The minimum Gasteiger partial charge on any atom is -0.379 e. The Morgan fingerprint density at radius 2 is 2.04 bits per heavy atom. The summed E-state index contributed by atoms with van der Waals surface area (Å²) in [6.45, 7) is 2.66. The van der Waals surface area contributed by atoms with Gasteiger partial charge in [-0.3, -0.25) is 14.6 Å². The van der Waals surface area contributed by atoms with Crippen LogP contribution in [-0.2, 0) is 16.0 Å². The third-order valence-electron chi connectivity index (χ3n) is 4.06. The molecule has 8 heteroatoms. The summed E-state index contributed by atoms with van der Waals surface area (Å²) >= 11 is 1.48. The predicted octanol–water partition coefficient (Wildman–Crippen LogP) is 2.11. The van der Waals surface area contributed by atoms with Crippen LogP contribution in [0.15, 0.2) is 35.8 Å². The number of imidazole rings is 1. The minimum absolute atomic E-state index is 0.0568. The van der Waals surface area contributed by atoms with E-state index in [4.69, 9.17) is 4.74 Å². The normalized spacial score (nSPS) is 15.6. The first-order valence-electron chi connectivity index (χ1n) is 8.02. The number of rotatable bonds is 4. The van der Waals surface area contributed by atoms with Gasteiger partial charge < -0.3 is 4.74 Å². The summed E-state index contributed by atoms with van der Waals surface area (Å²) in [5, 5.41) is 3.82. The van der Waals surface area contributed by atoms with Crippen LogP contribution in [0.2, 0.25) is 0 Å². The lowest BCUT2D eigenvalue weighted by molar-refractivity contribution is -0.127. The maximum atomic E-state index is 13.1. The summed E-state index contributed by atoms with van der Waals surface area (Å²) in [6, 6.07) is 6.23. The van der Waals surface area contributed by atoms with Crippen molar-refractivity contribution in [3.05, 3.63) is 47.4 Å². The lowest BCUT2D eigenvalue weighted by Gasteiger charge is -2.26. The zero-order valence-corrected chi connectivity index (χ0v) is 14.3. The maximum absolute atomic E-state index is 13.1. The second-order valence-electron chi connectivity index (χ2n) is 5.82. The number of ether oxygens (including phenoxy) is 1. The molecular formula is C17H17FN4O2S. The molecule has 130 valence electrons. The number of nitrogens with zero attached hydrogens (tertiary/aromatic N) is 3. The highest BCUT2D eigenvalue weighted by Gasteiger charge is 2.16. The van der Waals surface area contributed by atoms with Gasteiger partial charge in [0.15, 0.2) is 4.96 Å². The van der Waals surface area contributed by atoms with Crippen LogP contribution in [0, 0.1) is 5.82 Å². The van der Waals surface area contributed by atoms with Crippen LogP contribution < -0.4 is 5.43 Å². The number of benzene rings is 1. The summed E-state index contributed by atoms with van der Waals surface area (Å²) in [5.74, 6) is -0.330. The van der Waals surface area contributed by atoms with Gasteiger partial charge in [0.25, 0.3) is 0 Å². The minimum atomic E-state index is -0.273. The van der Waals surface area contributed by atoms with Crippen molar-refractivity contribution in [3.63, 3.8) is 0 Å². The Morgan fingerprint density at radius 3 is 2.80 bits per heavy atom. The number of hydrazine groups is 1. The Morgan fingerprint density at radius 1 is 1.28 bits per heavy atom. The highest BCUT2D eigenvalue weighted by molar-refractivity contribution is 7.15. The molecule has 0 atom stereocenters. The molecule has 0 unspecified atom stereocenters. The van der Waals surface area contributed by atoms with Gasteiger partial charge in [0.2, 0.25) is 5.91 Å². The number of nitrogens with one attached hydrogen (secondary N) is 1. The third-order valence-corrected chi connectivity index (χ3v) is 4.95. The standard InChI is InChI=1S/C17H17FN4O2S/c18-13-3-1-12(2-4-13)15-10-22-14(11-25-17(22)19-15)9-16(23)20-21-5-7-24-8-6-21/h1-4,10-11H,5-9H2,(H,20,23). The third kappa shape index (κ3) is 3.55. The Kier molecular flexibility index (Phi) is 4.48. The molecule has 0 bridgehead atoms. The van der Waals surface area contributed by atoms with E-state index in [1.54, 1.807) is 12.1 Å². The molecule has 1 aliphatic heterocycles. The Labute approximate surface area is 147 Å². The summed E-state index contributed by atoms with van der Waals surface area (Å²) in [6.07, 6.45) is 2.16. The van der Waals surface area contributed by atoms with Gasteiger partial charge in [-0.25, -0.2) is 14.4 Å². The SMILES string of the molecule is O=C(Cc1csc2nc(-c3ccc(F)cc3)cn12)NN1CCOCC1. The molecule has 6 nitrogen and oxygen atoms in total. The maximum Gasteiger partial charge on any atom is 0.240 e. The van der Waals surface area contributed by atoms with Crippen molar-refractivity contribution in [1.29, 1.82) is 0 Å². The molecule has 2 aromatic heterocycles. The molecule has 0 spiro atoms. The van der Waals surface area contributed by atoms with Crippen molar-refractivity contribution in [2.24, 2.45) is 0 Å². The number of aromatic nitrogens is 2. The van der Waals surface area contributed by atoms with Crippen molar-refractivity contribution in [1.82, 2.24) is 19.8 Å². The summed E-state index contributed by atoms with van der Waals surface area (Å²) in [4.78, 5) is 17.6. The number of hydrogen-bond donors (Lipinski definition) is 1. The molecule has 0 saturated carbocycles. The molecule has 3 heterocycles. The van der Waals surface area contributed by atoms with E-state index in [0.717, 1.165) is 21.9 Å². The van der Waals surface area contributed by atoms with Gasteiger partial charge in [-0.15, -0.1) is 11.3 Å². The van der Waals surface area contributed by atoms with Crippen LogP contribution in [0.3, 0.4) is 0 Å². The molecule has 1 aromatic carbocycles. The number of halogens is 1.